The minimum Gasteiger partial charge on any atom is -0.464 e. The molecule has 0 radical (unpaired) electrons. The molecule has 19 heavy (non-hydrogen) atoms. The highest BCUT2D eigenvalue weighted by molar-refractivity contribution is 7.14. The summed E-state index contributed by atoms with van der Waals surface area (Å²) < 4.78 is 4.78. The normalized spacial score (nSPS) is 12.1. The summed E-state index contributed by atoms with van der Waals surface area (Å²) in [6.07, 6.45) is 6.56. The SMILES string of the molecule is C/C=C\N=C(/C)c1nc(C(=O)OC)c(CCCC)s1. The number of thiazole rings is 1. The maximum Gasteiger partial charge on any atom is 0.357 e. The average Bonchev–Trinajstić information content (AvgIpc) is 2.85. The molecule has 0 N–H and O–H groups in total. The van der Waals surface area contributed by atoms with Crippen LogP contribution in [0.3, 0.4) is 0 Å². The van der Waals surface area contributed by atoms with E-state index in [4.69, 9.17) is 4.74 Å². The Balaban J connectivity index is 3.08. The Labute approximate surface area is 118 Å². The average molecular weight is 280 g/mol. The molecule has 0 aliphatic rings. The van der Waals surface area contributed by atoms with Crippen LogP contribution in [-0.2, 0) is 11.2 Å². The number of unbranched alkanes of at least 4 members (excludes halogenated alkanes) is 1. The van der Waals surface area contributed by atoms with Crippen LogP contribution in [0.2, 0.25) is 0 Å². The number of carbonyl (C=O) groups excluding carboxylic acids is 1. The monoisotopic (exact) mass is 280 g/mol. The molecule has 0 fully saturated rings. The summed E-state index contributed by atoms with van der Waals surface area (Å²) in [5, 5.41) is 0.782. The number of nitrogens with zero attached hydrogens (tertiary/aromatic N) is 2. The van der Waals surface area contributed by atoms with Crippen LogP contribution in [0.5, 0.6) is 0 Å². The molecule has 0 unspecified atom stereocenters. The molecular weight excluding hydrogens is 260 g/mol. The van der Waals surface area contributed by atoms with Crippen molar-refractivity contribution >= 4 is 23.0 Å². The highest BCUT2D eigenvalue weighted by Gasteiger charge is 2.19. The van der Waals surface area contributed by atoms with Gasteiger partial charge in [0.05, 0.1) is 12.8 Å². The molecule has 0 saturated heterocycles. The highest BCUT2D eigenvalue weighted by atomic mass is 32.1. The number of esters is 1. The van der Waals surface area contributed by atoms with E-state index in [1.165, 1.54) is 18.4 Å². The lowest BCUT2D eigenvalue weighted by molar-refractivity contribution is 0.0593. The first kappa shape index (κ1) is 15.6. The Bertz CT molecular complexity index is 490. The van der Waals surface area contributed by atoms with Crippen molar-refractivity contribution in [2.24, 2.45) is 4.99 Å². The molecule has 0 aliphatic heterocycles. The lowest BCUT2D eigenvalue weighted by atomic mass is 10.2. The molecule has 1 heterocycles. The number of aliphatic imine (C=N–C) groups is 1. The van der Waals surface area contributed by atoms with Gasteiger partial charge in [-0.1, -0.05) is 19.4 Å². The van der Waals surface area contributed by atoms with E-state index in [2.05, 4.69) is 16.9 Å². The van der Waals surface area contributed by atoms with Gasteiger partial charge in [0, 0.05) is 11.1 Å². The van der Waals surface area contributed by atoms with Gasteiger partial charge in [0.1, 0.15) is 5.01 Å². The Kier molecular flexibility index (Phi) is 6.42. The molecule has 0 aromatic carbocycles. The van der Waals surface area contributed by atoms with Crippen molar-refractivity contribution in [1.29, 1.82) is 0 Å². The molecule has 5 heteroatoms. The molecule has 0 spiro atoms. The minimum atomic E-state index is -0.368. The number of ether oxygens (including phenoxy) is 1. The number of carbonyl (C=O) groups is 1. The number of allylic oxidation sites excluding steroid dienone is 1. The number of aryl methyl sites for hydroxylation is 1. The minimum absolute atomic E-state index is 0.368. The summed E-state index contributed by atoms with van der Waals surface area (Å²) in [5.74, 6) is -0.368. The lowest BCUT2D eigenvalue weighted by Gasteiger charge is -1.98. The van der Waals surface area contributed by atoms with Gasteiger partial charge in [-0.25, -0.2) is 9.78 Å². The zero-order valence-corrected chi connectivity index (χ0v) is 12.7. The van der Waals surface area contributed by atoms with Crippen molar-refractivity contribution in [3.8, 4) is 0 Å². The number of aromatic nitrogens is 1. The largest absolute Gasteiger partial charge is 0.464 e. The maximum atomic E-state index is 11.7. The van der Waals surface area contributed by atoms with E-state index < -0.39 is 0 Å². The van der Waals surface area contributed by atoms with Gasteiger partial charge in [-0.05, 0) is 26.7 Å². The number of rotatable bonds is 6. The summed E-state index contributed by atoms with van der Waals surface area (Å²) >= 11 is 1.53. The highest BCUT2D eigenvalue weighted by Crippen LogP contribution is 2.22. The molecule has 1 rings (SSSR count). The van der Waals surface area contributed by atoms with Gasteiger partial charge in [-0.15, -0.1) is 11.3 Å². The molecule has 104 valence electrons. The van der Waals surface area contributed by atoms with Crippen LogP contribution < -0.4 is 0 Å². The van der Waals surface area contributed by atoms with Crippen molar-refractivity contribution < 1.29 is 9.53 Å². The van der Waals surface area contributed by atoms with E-state index in [-0.39, 0.29) is 5.97 Å². The number of hydrogen-bond donors (Lipinski definition) is 0. The van der Waals surface area contributed by atoms with Gasteiger partial charge in [0.15, 0.2) is 5.69 Å². The molecule has 0 amide bonds. The van der Waals surface area contributed by atoms with Gasteiger partial charge in [-0.3, -0.25) is 4.99 Å². The van der Waals surface area contributed by atoms with E-state index in [1.54, 1.807) is 6.20 Å². The van der Waals surface area contributed by atoms with Crippen molar-refractivity contribution in [1.82, 2.24) is 4.98 Å². The first-order valence-electron chi connectivity index (χ1n) is 6.38. The molecule has 1 aromatic rings. The number of hydrogen-bond acceptors (Lipinski definition) is 5. The first-order valence-corrected chi connectivity index (χ1v) is 7.19. The fourth-order valence-corrected chi connectivity index (χ4v) is 2.55. The molecule has 4 nitrogen and oxygen atoms in total. The summed E-state index contributed by atoms with van der Waals surface area (Å²) in [6.45, 7) is 5.92. The second-order valence-electron chi connectivity index (χ2n) is 4.08. The van der Waals surface area contributed by atoms with Crippen LogP contribution in [-0.4, -0.2) is 23.8 Å². The van der Waals surface area contributed by atoms with Crippen molar-refractivity contribution in [3.05, 3.63) is 27.9 Å². The van der Waals surface area contributed by atoms with Gasteiger partial charge >= 0.3 is 5.97 Å². The lowest BCUT2D eigenvalue weighted by Crippen LogP contribution is -2.05. The van der Waals surface area contributed by atoms with Crippen molar-refractivity contribution in [2.75, 3.05) is 7.11 Å². The molecular formula is C14H20N2O2S. The summed E-state index contributed by atoms with van der Waals surface area (Å²) in [7, 11) is 1.38. The topological polar surface area (TPSA) is 51.5 Å². The van der Waals surface area contributed by atoms with Crippen LogP contribution in [0, 0.1) is 0 Å². The first-order chi connectivity index (χ1) is 9.13. The molecule has 0 bridgehead atoms. The van der Waals surface area contributed by atoms with E-state index in [0.29, 0.717) is 5.69 Å². The third-order valence-corrected chi connectivity index (χ3v) is 3.78. The molecule has 0 aliphatic carbocycles. The fourth-order valence-electron chi connectivity index (χ4n) is 1.51. The van der Waals surface area contributed by atoms with Crippen LogP contribution >= 0.6 is 11.3 Å². The Morgan fingerprint density at radius 3 is 2.84 bits per heavy atom. The smallest absolute Gasteiger partial charge is 0.357 e. The zero-order valence-electron chi connectivity index (χ0n) is 11.9. The number of methoxy groups -OCH3 is 1. The van der Waals surface area contributed by atoms with Gasteiger partial charge in [0.25, 0.3) is 0 Å². The van der Waals surface area contributed by atoms with Crippen molar-refractivity contribution in [2.45, 2.75) is 40.0 Å². The van der Waals surface area contributed by atoms with Gasteiger partial charge in [0.2, 0.25) is 0 Å². The van der Waals surface area contributed by atoms with E-state index in [1.807, 2.05) is 19.9 Å². The maximum absolute atomic E-state index is 11.7. The van der Waals surface area contributed by atoms with Crippen LogP contribution in [0.25, 0.3) is 0 Å². The molecule has 0 saturated carbocycles. The summed E-state index contributed by atoms with van der Waals surface area (Å²) in [4.78, 5) is 21.3. The third kappa shape index (κ3) is 4.28. The second-order valence-corrected chi connectivity index (χ2v) is 5.17. The zero-order chi connectivity index (χ0) is 14.3. The Morgan fingerprint density at radius 1 is 1.53 bits per heavy atom. The summed E-state index contributed by atoms with van der Waals surface area (Å²) in [5.41, 5.74) is 1.25. The molecule has 0 atom stereocenters. The predicted molar refractivity (Wildman–Crippen MR) is 79.1 cm³/mol. The third-order valence-electron chi connectivity index (χ3n) is 2.56. The summed E-state index contributed by atoms with van der Waals surface area (Å²) in [6, 6.07) is 0. The van der Waals surface area contributed by atoms with Crippen molar-refractivity contribution in [3.63, 3.8) is 0 Å². The van der Waals surface area contributed by atoms with Gasteiger partial charge < -0.3 is 4.74 Å². The van der Waals surface area contributed by atoms with E-state index in [9.17, 15) is 4.79 Å². The Morgan fingerprint density at radius 2 is 2.26 bits per heavy atom. The molecule has 1 aromatic heterocycles. The quantitative estimate of drug-likeness (QED) is 0.591. The Hall–Kier alpha value is -1.49. The fraction of sp³-hybridized carbons (Fsp3) is 0.500. The van der Waals surface area contributed by atoms with Crippen LogP contribution in [0.4, 0.5) is 0 Å². The predicted octanol–water partition coefficient (Wildman–Crippen LogP) is 3.61. The standard InChI is InChI=1S/C14H20N2O2S/c1-5-7-8-11-12(14(17)18-4)16-13(19-11)10(3)15-9-6-2/h6,9H,5,7-8H2,1-4H3/b9-6-,15-10+. The van der Waals surface area contributed by atoms with E-state index in [0.717, 1.165) is 34.9 Å². The van der Waals surface area contributed by atoms with Crippen LogP contribution in [0.15, 0.2) is 17.3 Å². The van der Waals surface area contributed by atoms with Gasteiger partial charge in [-0.2, -0.15) is 0 Å². The van der Waals surface area contributed by atoms with Crippen LogP contribution in [0.1, 0.15) is 54.0 Å². The van der Waals surface area contributed by atoms with E-state index >= 15 is 0 Å². The second kappa shape index (κ2) is 7.84.